The summed E-state index contributed by atoms with van der Waals surface area (Å²) in [6.45, 7) is 0.464. The number of carbonyl (C=O) groups excluding carboxylic acids is 2. The molecule has 8 nitrogen and oxygen atoms in total. The number of halogens is 3. The predicted molar refractivity (Wildman–Crippen MR) is 103 cm³/mol. The minimum absolute atomic E-state index is 0.0237. The molecule has 0 bridgehead atoms. The van der Waals surface area contributed by atoms with Gasteiger partial charge in [-0.3, -0.25) is 9.59 Å². The maximum absolute atomic E-state index is 12.7. The molecular weight excluding hydrogens is 427 g/mol. The van der Waals surface area contributed by atoms with Crippen molar-refractivity contribution in [3.63, 3.8) is 0 Å². The van der Waals surface area contributed by atoms with Gasteiger partial charge in [-0.05, 0) is 31.4 Å². The van der Waals surface area contributed by atoms with Gasteiger partial charge in [0.1, 0.15) is 5.75 Å². The summed E-state index contributed by atoms with van der Waals surface area (Å²) in [5.41, 5.74) is 0.137. The number of hydrogen-bond donors (Lipinski definition) is 2. The molecule has 12 heteroatoms. The second-order valence-corrected chi connectivity index (χ2v) is 8.94. The number of nitrogens with one attached hydrogen (secondary N) is 2. The fraction of sp³-hybridized carbons (Fsp3) is 0.556. The van der Waals surface area contributed by atoms with Crippen molar-refractivity contribution in [2.45, 2.75) is 32.0 Å². The van der Waals surface area contributed by atoms with E-state index >= 15 is 0 Å². The highest BCUT2D eigenvalue weighted by Gasteiger charge is 2.31. The van der Waals surface area contributed by atoms with Gasteiger partial charge in [-0.2, -0.15) is 0 Å². The minimum atomic E-state index is -4.85. The Bertz CT molecular complexity index is 861. The zero-order valence-corrected chi connectivity index (χ0v) is 17.2. The zero-order valence-electron chi connectivity index (χ0n) is 16.4. The average molecular weight is 451 g/mol. The standard InChI is InChI=1S/C18H24F3N3O5S/c1-30(27,28)24-10-3-4-13(7-9-22-16(25)8-11-24)17(26)23-14-5-2-6-15(12-14)29-18(19,20)21/h2,5-6,12-13H,3-4,7-11H2,1H3,(H,22,25)(H,23,26)/t13-/m0/s1. The van der Waals surface area contributed by atoms with Crippen molar-refractivity contribution in [1.82, 2.24) is 9.62 Å². The predicted octanol–water partition coefficient (Wildman–Crippen LogP) is 2.09. The molecule has 2 rings (SSSR count). The summed E-state index contributed by atoms with van der Waals surface area (Å²) in [5.74, 6) is -1.77. The third-order valence-electron chi connectivity index (χ3n) is 4.54. The summed E-state index contributed by atoms with van der Waals surface area (Å²) in [7, 11) is -3.49. The van der Waals surface area contributed by atoms with Crippen LogP contribution in [0.15, 0.2) is 24.3 Å². The van der Waals surface area contributed by atoms with Gasteiger partial charge >= 0.3 is 6.36 Å². The molecule has 168 valence electrons. The lowest BCUT2D eigenvalue weighted by Crippen LogP contribution is -2.35. The highest BCUT2D eigenvalue weighted by molar-refractivity contribution is 7.88. The SMILES string of the molecule is CS(=O)(=O)N1CCC[C@H](C(=O)Nc2cccc(OC(F)(F)F)c2)CCNC(=O)CC1. The normalized spacial score (nSPS) is 20.0. The Kier molecular flexibility index (Phi) is 8.07. The van der Waals surface area contributed by atoms with E-state index in [1.165, 1.54) is 16.4 Å². The maximum Gasteiger partial charge on any atom is 0.573 e. The van der Waals surface area contributed by atoms with Crippen molar-refractivity contribution in [2.75, 3.05) is 31.2 Å². The summed E-state index contributed by atoms with van der Waals surface area (Å²) >= 11 is 0. The number of benzene rings is 1. The lowest BCUT2D eigenvalue weighted by atomic mass is 9.98. The Labute approximate surface area is 172 Å². The number of amides is 2. The molecule has 0 aliphatic carbocycles. The number of ether oxygens (including phenoxy) is 1. The van der Waals surface area contributed by atoms with Gasteiger partial charge in [-0.25, -0.2) is 12.7 Å². The molecular formula is C18H24F3N3O5S. The van der Waals surface area contributed by atoms with Crippen LogP contribution in [0.25, 0.3) is 0 Å². The molecule has 0 saturated carbocycles. The van der Waals surface area contributed by atoms with Gasteiger partial charge in [0.05, 0.1) is 6.26 Å². The Balaban J connectivity index is 2.06. The van der Waals surface area contributed by atoms with Gasteiger partial charge in [0.25, 0.3) is 0 Å². The molecule has 0 spiro atoms. The van der Waals surface area contributed by atoms with E-state index in [4.69, 9.17) is 0 Å². The molecule has 1 aromatic rings. The summed E-state index contributed by atoms with van der Waals surface area (Å²) in [6.07, 6.45) is -2.69. The maximum atomic E-state index is 12.7. The second kappa shape index (κ2) is 10.1. The highest BCUT2D eigenvalue weighted by Crippen LogP contribution is 2.26. The average Bonchev–Trinajstić information content (AvgIpc) is 2.64. The number of rotatable bonds is 4. The first-order chi connectivity index (χ1) is 13.9. The van der Waals surface area contributed by atoms with Crippen LogP contribution in [-0.2, 0) is 19.6 Å². The van der Waals surface area contributed by atoms with Crippen LogP contribution in [0.4, 0.5) is 18.9 Å². The quantitative estimate of drug-likeness (QED) is 0.730. The number of nitrogens with zero attached hydrogens (tertiary/aromatic N) is 1. The van der Waals surface area contributed by atoms with Gasteiger partial charge in [0.15, 0.2) is 0 Å². The summed E-state index contributed by atoms with van der Waals surface area (Å²) in [4.78, 5) is 24.5. The van der Waals surface area contributed by atoms with E-state index in [-0.39, 0.29) is 37.6 Å². The minimum Gasteiger partial charge on any atom is -0.406 e. The lowest BCUT2D eigenvalue weighted by molar-refractivity contribution is -0.274. The van der Waals surface area contributed by atoms with Crippen molar-refractivity contribution in [3.05, 3.63) is 24.3 Å². The van der Waals surface area contributed by atoms with Crippen LogP contribution in [0.3, 0.4) is 0 Å². The van der Waals surface area contributed by atoms with Crippen molar-refractivity contribution in [3.8, 4) is 5.75 Å². The van der Waals surface area contributed by atoms with E-state index in [1.807, 2.05) is 0 Å². The molecule has 0 radical (unpaired) electrons. The molecule has 1 aromatic carbocycles. The van der Waals surface area contributed by atoms with Crippen LogP contribution in [0.2, 0.25) is 0 Å². The Hall–Kier alpha value is -2.34. The lowest BCUT2D eigenvalue weighted by Gasteiger charge is -2.20. The number of anilines is 1. The fourth-order valence-electron chi connectivity index (χ4n) is 3.08. The third kappa shape index (κ3) is 8.19. The molecule has 0 aromatic heterocycles. The fourth-order valence-corrected chi connectivity index (χ4v) is 3.96. The van der Waals surface area contributed by atoms with E-state index in [0.29, 0.717) is 19.3 Å². The van der Waals surface area contributed by atoms with Crippen molar-refractivity contribution in [1.29, 1.82) is 0 Å². The Morgan fingerprint density at radius 2 is 2.00 bits per heavy atom. The summed E-state index contributed by atoms with van der Waals surface area (Å²) in [5, 5.41) is 5.21. The van der Waals surface area contributed by atoms with Crippen LogP contribution >= 0.6 is 0 Å². The van der Waals surface area contributed by atoms with Crippen molar-refractivity contribution in [2.24, 2.45) is 5.92 Å². The van der Waals surface area contributed by atoms with Crippen LogP contribution in [-0.4, -0.2) is 56.8 Å². The van der Waals surface area contributed by atoms with E-state index in [1.54, 1.807) is 0 Å². The van der Waals surface area contributed by atoms with Crippen molar-refractivity contribution >= 4 is 27.5 Å². The number of hydrogen-bond acceptors (Lipinski definition) is 5. The van der Waals surface area contributed by atoms with Gasteiger partial charge < -0.3 is 15.4 Å². The molecule has 1 heterocycles. The molecule has 1 atom stereocenters. The molecule has 2 amide bonds. The van der Waals surface area contributed by atoms with Crippen molar-refractivity contribution < 1.29 is 35.9 Å². The van der Waals surface area contributed by atoms with Gasteiger partial charge in [0.2, 0.25) is 21.8 Å². The first kappa shape index (κ1) is 23.9. The van der Waals surface area contributed by atoms with Gasteiger partial charge in [-0.1, -0.05) is 6.07 Å². The van der Waals surface area contributed by atoms with Gasteiger partial charge in [-0.15, -0.1) is 13.2 Å². The molecule has 30 heavy (non-hydrogen) atoms. The summed E-state index contributed by atoms with van der Waals surface area (Å²) < 4.78 is 65.9. The number of carbonyl (C=O) groups is 2. The number of sulfonamides is 1. The molecule has 1 aliphatic heterocycles. The number of alkyl halides is 3. The Morgan fingerprint density at radius 3 is 2.67 bits per heavy atom. The van der Waals surface area contributed by atoms with E-state index in [0.717, 1.165) is 18.4 Å². The molecule has 2 N–H and O–H groups in total. The van der Waals surface area contributed by atoms with Crippen LogP contribution in [0.5, 0.6) is 5.75 Å². The zero-order chi connectivity index (χ0) is 22.4. The molecule has 1 saturated heterocycles. The van der Waals surface area contributed by atoms with Crippen LogP contribution in [0.1, 0.15) is 25.7 Å². The third-order valence-corrected chi connectivity index (χ3v) is 5.84. The smallest absolute Gasteiger partial charge is 0.406 e. The van der Waals surface area contributed by atoms with Crippen LogP contribution in [0, 0.1) is 5.92 Å². The second-order valence-electron chi connectivity index (χ2n) is 6.95. The first-order valence-corrected chi connectivity index (χ1v) is 11.2. The topological polar surface area (TPSA) is 105 Å². The largest absolute Gasteiger partial charge is 0.573 e. The van der Waals surface area contributed by atoms with Gasteiger partial charge in [0, 0.05) is 43.7 Å². The first-order valence-electron chi connectivity index (χ1n) is 9.32. The van der Waals surface area contributed by atoms with E-state index < -0.39 is 34.0 Å². The Morgan fingerprint density at radius 1 is 1.27 bits per heavy atom. The molecule has 1 fully saturated rings. The molecule has 1 aliphatic rings. The highest BCUT2D eigenvalue weighted by atomic mass is 32.2. The molecule has 0 unspecified atom stereocenters. The van der Waals surface area contributed by atoms with E-state index in [9.17, 15) is 31.2 Å². The van der Waals surface area contributed by atoms with Crippen LogP contribution < -0.4 is 15.4 Å². The monoisotopic (exact) mass is 451 g/mol. The summed E-state index contributed by atoms with van der Waals surface area (Å²) in [6, 6.07) is 4.92. The van der Waals surface area contributed by atoms with E-state index in [2.05, 4.69) is 15.4 Å².